The van der Waals surface area contributed by atoms with Crippen LogP contribution in [0.15, 0.2) is 65.6 Å². The predicted molar refractivity (Wildman–Crippen MR) is 129 cm³/mol. The van der Waals surface area contributed by atoms with Crippen LogP contribution < -0.4 is 10.5 Å². The van der Waals surface area contributed by atoms with Gasteiger partial charge in [0.1, 0.15) is 0 Å². The molecule has 2 aromatic carbocycles. The first-order valence-electron chi connectivity index (χ1n) is 10.6. The summed E-state index contributed by atoms with van der Waals surface area (Å²) in [6.07, 6.45) is 5.10. The number of hydrogen-bond acceptors (Lipinski definition) is 3. The van der Waals surface area contributed by atoms with Crippen molar-refractivity contribution in [1.82, 2.24) is 14.0 Å². The van der Waals surface area contributed by atoms with E-state index in [4.69, 9.17) is 16.6 Å². The average molecular weight is 435 g/mol. The molecule has 0 bridgehead atoms. The third kappa shape index (κ3) is 4.37. The van der Waals surface area contributed by atoms with E-state index in [-0.39, 0.29) is 5.56 Å². The molecular formula is C25H27ClN4O. The molecule has 2 aromatic heterocycles. The van der Waals surface area contributed by atoms with E-state index in [1.54, 1.807) is 10.5 Å². The lowest BCUT2D eigenvalue weighted by Gasteiger charge is -2.17. The van der Waals surface area contributed by atoms with Crippen LogP contribution in [0.4, 0.5) is 5.69 Å². The number of unbranched alkanes of at least 4 members (excludes halogenated alkanes) is 2. The van der Waals surface area contributed by atoms with E-state index in [2.05, 4.69) is 40.7 Å². The van der Waals surface area contributed by atoms with Gasteiger partial charge in [0.05, 0.1) is 11.4 Å². The van der Waals surface area contributed by atoms with Crippen molar-refractivity contribution in [1.29, 1.82) is 0 Å². The van der Waals surface area contributed by atoms with E-state index in [1.807, 2.05) is 44.6 Å². The fourth-order valence-electron chi connectivity index (χ4n) is 3.76. The zero-order valence-corrected chi connectivity index (χ0v) is 18.9. The van der Waals surface area contributed by atoms with Gasteiger partial charge in [-0.1, -0.05) is 55.6 Å². The first-order valence-corrected chi connectivity index (χ1v) is 11.0. The maximum absolute atomic E-state index is 13.0. The monoisotopic (exact) mass is 434 g/mol. The number of halogens is 1. The lowest BCUT2D eigenvalue weighted by atomic mass is 10.1. The smallest absolute Gasteiger partial charge is 0.259 e. The van der Waals surface area contributed by atoms with E-state index >= 15 is 0 Å². The van der Waals surface area contributed by atoms with Crippen molar-refractivity contribution < 1.29 is 0 Å². The molecule has 160 valence electrons. The Morgan fingerprint density at radius 2 is 1.65 bits per heavy atom. The number of hydrogen-bond donors (Lipinski definition) is 0. The van der Waals surface area contributed by atoms with Gasteiger partial charge in [-0.05, 0) is 36.2 Å². The summed E-state index contributed by atoms with van der Waals surface area (Å²) in [5.74, 6) is 0.667. The summed E-state index contributed by atoms with van der Waals surface area (Å²) in [6, 6.07) is 17.5. The SMILES string of the molecule is CCCCCn1c(-c2ccc(N(C)C)cc2)cc(=O)n2cc(-c3ccc(Cl)cc3)nc12. The van der Waals surface area contributed by atoms with Gasteiger partial charge in [-0.2, -0.15) is 0 Å². The first kappa shape index (κ1) is 21.2. The molecule has 0 aliphatic rings. The van der Waals surface area contributed by atoms with E-state index in [0.717, 1.165) is 54.0 Å². The highest BCUT2D eigenvalue weighted by Gasteiger charge is 2.15. The second-order valence-electron chi connectivity index (χ2n) is 7.97. The number of aryl methyl sites for hydroxylation is 1. The Balaban J connectivity index is 1.87. The van der Waals surface area contributed by atoms with Crippen molar-refractivity contribution in [2.75, 3.05) is 19.0 Å². The van der Waals surface area contributed by atoms with Crippen molar-refractivity contribution in [3.05, 3.63) is 76.2 Å². The van der Waals surface area contributed by atoms with Gasteiger partial charge in [0.2, 0.25) is 5.78 Å². The number of anilines is 1. The zero-order valence-electron chi connectivity index (χ0n) is 18.2. The van der Waals surface area contributed by atoms with Gasteiger partial charge in [-0.25, -0.2) is 4.98 Å². The highest BCUT2D eigenvalue weighted by molar-refractivity contribution is 6.30. The molecule has 0 unspecified atom stereocenters. The van der Waals surface area contributed by atoms with E-state index in [9.17, 15) is 4.79 Å². The van der Waals surface area contributed by atoms with E-state index < -0.39 is 0 Å². The topological polar surface area (TPSA) is 42.5 Å². The maximum Gasteiger partial charge on any atom is 0.259 e. The van der Waals surface area contributed by atoms with Crippen molar-refractivity contribution in [3.63, 3.8) is 0 Å². The Labute approximate surface area is 187 Å². The fraction of sp³-hybridized carbons (Fsp3) is 0.280. The number of benzene rings is 2. The Bertz CT molecular complexity index is 1240. The van der Waals surface area contributed by atoms with Gasteiger partial charge in [-0.15, -0.1) is 0 Å². The lowest BCUT2D eigenvalue weighted by Crippen LogP contribution is -2.18. The van der Waals surface area contributed by atoms with Crippen LogP contribution in [-0.2, 0) is 6.54 Å². The molecule has 0 atom stereocenters. The van der Waals surface area contributed by atoms with Gasteiger partial charge in [0.25, 0.3) is 5.56 Å². The number of aromatic nitrogens is 3. The zero-order chi connectivity index (χ0) is 22.0. The lowest BCUT2D eigenvalue weighted by molar-refractivity contribution is 0.606. The number of rotatable bonds is 7. The molecule has 0 N–H and O–H groups in total. The van der Waals surface area contributed by atoms with Crippen LogP contribution in [0.25, 0.3) is 28.3 Å². The van der Waals surface area contributed by atoms with Gasteiger partial charge < -0.3 is 9.47 Å². The molecule has 0 aliphatic heterocycles. The van der Waals surface area contributed by atoms with Gasteiger partial charge >= 0.3 is 0 Å². The molecule has 4 aromatic rings. The summed E-state index contributed by atoms with van der Waals surface area (Å²) in [5.41, 5.74) is 4.64. The molecule has 4 rings (SSSR count). The molecule has 0 amide bonds. The molecule has 31 heavy (non-hydrogen) atoms. The minimum atomic E-state index is -0.0823. The van der Waals surface area contributed by atoms with Crippen LogP contribution in [0, 0.1) is 0 Å². The minimum Gasteiger partial charge on any atom is -0.378 e. The third-order valence-electron chi connectivity index (χ3n) is 5.52. The van der Waals surface area contributed by atoms with Crippen molar-refractivity contribution in [2.24, 2.45) is 0 Å². The van der Waals surface area contributed by atoms with Crippen LogP contribution in [-0.4, -0.2) is 28.0 Å². The average Bonchev–Trinajstić information content (AvgIpc) is 3.22. The first-order chi connectivity index (χ1) is 15.0. The standard InChI is InChI=1S/C25H27ClN4O/c1-4-5-6-15-29-23(19-9-13-21(14-10-19)28(2)3)16-24(31)30-17-22(27-25(29)30)18-7-11-20(26)12-8-18/h7-14,16-17H,4-6,15H2,1-3H3. The fourth-order valence-corrected chi connectivity index (χ4v) is 3.89. The second kappa shape index (κ2) is 8.98. The molecule has 0 saturated carbocycles. The normalized spacial score (nSPS) is 11.2. The Kier molecular flexibility index (Phi) is 6.14. The third-order valence-corrected chi connectivity index (χ3v) is 5.77. The summed E-state index contributed by atoms with van der Waals surface area (Å²) in [5, 5.41) is 0.676. The van der Waals surface area contributed by atoms with Crippen LogP contribution in [0.5, 0.6) is 0 Å². The van der Waals surface area contributed by atoms with Crippen molar-refractivity contribution in [3.8, 4) is 22.5 Å². The van der Waals surface area contributed by atoms with E-state index in [1.165, 1.54) is 0 Å². The largest absolute Gasteiger partial charge is 0.378 e. The summed E-state index contributed by atoms with van der Waals surface area (Å²) >= 11 is 6.04. The Morgan fingerprint density at radius 3 is 2.29 bits per heavy atom. The summed E-state index contributed by atoms with van der Waals surface area (Å²) in [7, 11) is 4.04. The van der Waals surface area contributed by atoms with Gasteiger partial charge in [0.15, 0.2) is 0 Å². The van der Waals surface area contributed by atoms with Crippen molar-refractivity contribution in [2.45, 2.75) is 32.7 Å². The van der Waals surface area contributed by atoms with Gasteiger partial charge in [0, 0.05) is 49.2 Å². The predicted octanol–water partition coefficient (Wildman–Crippen LogP) is 5.74. The van der Waals surface area contributed by atoms with Crippen LogP contribution >= 0.6 is 11.6 Å². The highest BCUT2D eigenvalue weighted by atomic mass is 35.5. The molecule has 0 radical (unpaired) electrons. The molecule has 0 aliphatic carbocycles. The summed E-state index contributed by atoms with van der Waals surface area (Å²) in [6.45, 7) is 3.00. The van der Waals surface area contributed by atoms with Crippen LogP contribution in [0.3, 0.4) is 0 Å². The molecule has 5 nitrogen and oxygen atoms in total. The van der Waals surface area contributed by atoms with Crippen LogP contribution in [0.1, 0.15) is 26.2 Å². The molecular weight excluding hydrogens is 408 g/mol. The quantitative estimate of drug-likeness (QED) is 0.348. The molecule has 2 heterocycles. The summed E-state index contributed by atoms with van der Waals surface area (Å²) in [4.78, 5) is 19.9. The Morgan fingerprint density at radius 1 is 0.968 bits per heavy atom. The molecule has 0 spiro atoms. The highest BCUT2D eigenvalue weighted by Crippen LogP contribution is 2.26. The Hall–Kier alpha value is -3.05. The number of imidazole rings is 1. The molecule has 0 saturated heterocycles. The van der Waals surface area contributed by atoms with Gasteiger partial charge in [-0.3, -0.25) is 9.20 Å². The second-order valence-corrected chi connectivity index (χ2v) is 8.41. The molecule has 0 fully saturated rings. The van der Waals surface area contributed by atoms with E-state index in [0.29, 0.717) is 10.8 Å². The number of fused-ring (bicyclic) bond motifs is 1. The summed E-state index contributed by atoms with van der Waals surface area (Å²) < 4.78 is 3.81. The minimum absolute atomic E-state index is 0.0823. The number of nitrogens with zero attached hydrogens (tertiary/aromatic N) is 4. The molecule has 6 heteroatoms. The van der Waals surface area contributed by atoms with Crippen LogP contribution in [0.2, 0.25) is 5.02 Å². The van der Waals surface area contributed by atoms with Crippen molar-refractivity contribution >= 4 is 23.1 Å². The maximum atomic E-state index is 13.0.